The third-order valence-corrected chi connectivity index (χ3v) is 5.61. The van der Waals surface area contributed by atoms with Gasteiger partial charge in [0.15, 0.2) is 0 Å². The molecule has 2 rings (SSSR count). The monoisotopic (exact) mass is 280 g/mol. The highest BCUT2D eigenvalue weighted by atomic mass is 32.2. The lowest BCUT2D eigenvalue weighted by Crippen LogP contribution is -2.51. The van der Waals surface area contributed by atoms with Gasteiger partial charge in [0.2, 0.25) is 0 Å². The maximum Gasteiger partial charge on any atom is 0.108 e. The van der Waals surface area contributed by atoms with Crippen molar-refractivity contribution in [1.82, 2.24) is 5.32 Å². The summed E-state index contributed by atoms with van der Waals surface area (Å²) in [6, 6.07) is 7.18. The fourth-order valence-corrected chi connectivity index (χ4v) is 5.02. The number of thiophene rings is 1. The topological polar surface area (TPSA) is 35.8 Å². The molecular formula is C14H20N2S2. The molecule has 1 aliphatic rings. The Kier molecular flexibility index (Phi) is 4.71. The molecule has 1 aromatic rings. The molecule has 0 saturated heterocycles. The molecule has 2 atom stereocenters. The van der Waals surface area contributed by atoms with Gasteiger partial charge in [-0.25, -0.2) is 0 Å². The van der Waals surface area contributed by atoms with Gasteiger partial charge in [-0.05, 0) is 51.0 Å². The van der Waals surface area contributed by atoms with Crippen LogP contribution in [-0.2, 0) is 0 Å². The van der Waals surface area contributed by atoms with E-state index in [1.807, 2.05) is 11.8 Å². The first-order valence-corrected chi connectivity index (χ1v) is 8.28. The van der Waals surface area contributed by atoms with Gasteiger partial charge < -0.3 is 0 Å². The van der Waals surface area contributed by atoms with E-state index >= 15 is 0 Å². The van der Waals surface area contributed by atoms with Crippen LogP contribution >= 0.6 is 23.1 Å². The second kappa shape index (κ2) is 6.10. The predicted octanol–water partition coefficient (Wildman–Crippen LogP) is 4.04. The molecule has 18 heavy (non-hydrogen) atoms. The minimum absolute atomic E-state index is 0.304. The molecule has 0 bridgehead atoms. The van der Waals surface area contributed by atoms with Crippen LogP contribution in [0.1, 0.15) is 39.5 Å². The van der Waals surface area contributed by atoms with Crippen LogP contribution in [0.25, 0.3) is 0 Å². The summed E-state index contributed by atoms with van der Waals surface area (Å²) in [5.74, 6) is 0. The molecule has 0 amide bonds. The number of nitrogens with one attached hydrogen (secondary N) is 1. The average Bonchev–Trinajstić information content (AvgIpc) is 2.81. The molecule has 1 N–H and O–H groups in total. The van der Waals surface area contributed by atoms with Crippen LogP contribution in [0.3, 0.4) is 0 Å². The van der Waals surface area contributed by atoms with Gasteiger partial charge in [0, 0.05) is 11.3 Å². The van der Waals surface area contributed by atoms with Crippen molar-refractivity contribution in [2.75, 3.05) is 0 Å². The summed E-state index contributed by atoms with van der Waals surface area (Å²) in [7, 11) is 0. The van der Waals surface area contributed by atoms with Gasteiger partial charge in [-0.15, -0.1) is 23.1 Å². The van der Waals surface area contributed by atoms with Crippen molar-refractivity contribution >= 4 is 23.1 Å². The second-order valence-electron chi connectivity index (χ2n) is 5.26. The molecule has 0 radical (unpaired) electrons. The molecule has 1 saturated carbocycles. The summed E-state index contributed by atoms with van der Waals surface area (Å²) in [6.45, 7) is 4.24. The van der Waals surface area contributed by atoms with Crippen molar-refractivity contribution in [1.29, 1.82) is 5.26 Å². The summed E-state index contributed by atoms with van der Waals surface area (Å²) < 4.78 is 1.37. The largest absolute Gasteiger partial charge is 0.297 e. The first-order valence-electron chi connectivity index (χ1n) is 6.53. The van der Waals surface area contributed by atoms with Crippen LogP contribution in [-0.4, -0.2) is 16.8 Å². The van der Waals surface area contributed by atoms with Crippen molar-refractivity contribution < 1.29 is 0 Å². The van der Waals surface area contributed by atoms with Crippen molar-refractivity contribution in [3.8, 4) is 6.07 Å². The van der Waals surface area contributed by atoms with Gasteiger partial charge >= 0.3 is 0 Å². The Morgan fingerprint density at radius 2 is 2.44 bits per heavy atom. The van der Waals surface area contributed by atoms with E-state index in [1.54, 1.807) is 11.3 Å². The van der Waals surface area contributed by atoms with Crippen LogP contribution in [0.15, 0.2) is 21.7 Å². The summed E-state index contributed by atoms with van der Waals surface area (Å²) >= 11 is 3.74. The fraction of sp³-hybridized carbons (Fsp3) is 0.643. The van der Waals surface area contributed by atoms with Crippen LogP contribution in [0.4, 0.5) is 0 Å². The SMILES string of the molecule is CC(C)NC1(C#N)CCCC(Sc2cccs2)C1. The Hall–Kier alpha value is -0.500. The van der Waals surface area contributed by atoms with E-state index in [2.05, 4.69) is 42.7 Å². The molecule has 0 spiro atoms. The molecule has 98 valence electrons. The van der Waals surface area contributed by atoms with E-state index < -0.39 is 0 Å². The number of hydrogen-bond donors (Lipinski definition) is 1. The number of nitrogens with zero attached hydrogens (tertiary/aromatic N) is 1. The molecule has 1 aliphatic carbocycles. The average molecular weight is 280 g/mol. The lowest BCUT2D eigenvalue weighted by Gasteiger charge is -2.37. The van der Waals surface area contributed by atoms with Crippen molar-refractivity contribution in [3.63, 3.8) is 0 Å². The smallest absolute Gasteiger partial charge is 0.108 e. The minimum atomic E-state index is -0.304. The van der Waals surface area contributed by atoms with E-state index in [0.717, 1.165) is 19.3 Å². The van der Waals surface area contributed by atoms with Crippen molar-refractivity contribution in [2.24, 2.45) is 0 Å². The number of nitriles is 1. The first-order chi connectivity index (χ1) is 8.63. The maximum absolute atomic E-state index is 9.52. The first kappa shape index (κ1) is 13.9. The van der Waals surface area contributed by atoms with E-state index in [0.29, 0.717) is 11.3 Å². The number of thioether (sulfide) groups is 1. The normalized spacial score (nSPS) is 28.2. The maximum atomic E-state index is 9.52. The zero-order valence-corrected chi connectivity index (χ0v) is 12.6. The molecular weight excluding hydrogens is 260 g/mol. The summed E-state index contributed by atoms with van der Waals surface area (Å²) in [5, 5.41) is 15.7. The lowest BCUT2D eigenvalue weighted by molar-refractivity contribution is 0.284. The van der Waals surface area contributed by atoms with Gasteiger partial charge in [0.05, 0.1) is 10.3 Å². The highest BCUT2D eigenvalue weighted by Gasteiger charge is 2.37. The Labute approximate surface area is 118 Å². The van der Waals surface area contributed by atoms with Crippen LogP contribution < -0.4 is 5.32 Å². The van der Waals surface area contributed by atoms with E-state index in [4.69, 9.17) is 0 Å². The third kappa shape index (κ3) is 3.50. The summed E-state index contributed by atoms with van der Waals surface area (Å²) in [6.07, 6.45) is 4.33. The molecule has 1 fully saturated rings. The highest BCUT2D eigenvalue weighted by molar-refractivity contribution is 8.01. The summed E-state index contributed by atoms with van der Waals surface area (Å²) in [5.41, 5.74) is -0.304. The predicted molar refractivity (Wildman–Crippen MR) is 79.0 cm³/mol. The highest BCUT2D eigenvalue weighted by Crippen LogP contribution is 2.39. The quantitative estimate of drug-likeness (QED) is 0.904. The van der Waals surface area contributed by atoms with E-state index in [1.165, 1.54) is 10.6 Å². The van der Waals surface area contributed by atoms with Gasteiger partial charge in [-0.2, -0.15) is 5.26 Å². The Bertz CT molecular complexity index is 408. The van der Waals surface area contributed by atoms with Gasteiger partial charge in [-0.1, -0.05) is 6.07 Å². The van der Waals surface area contributed by atoms with Crippen LogP contribution in [0, 0.1) is 11.3 Å². The lowest BCUT2D eigenvalue weighted by atomic mass is 9.82. The van der Waals surface area contributed by atoms with Gasteiger partial charge in [-0.3, -0.25) is 5.32 Å². The van der Waals surface area contributed by atoms with E-state index in [9.17, 15) is 5.26 Å². The van der Waals surface area contributed by atoms with Crippen LogP contribution in [0.5, 0.6) is 0 Å². The molecule has 4 heteroatoms. The third-order valence-electron chi connectivity index (χ3n) is 3.26. The second-order valence-corrected chi connectivity index (χ2v) is 7.81. The molecule has 2 unspecified atom stereocenters. The van der Waals surface area contributed by atoms with E-state index in [-0.39, 0.29) is 5.54 Å². The zero-order valence-electron chi connectivity index (χ0n) is 11.0. The van der Waals surface area contributed by atoms with Gasteiger partial charge in [0.1, 0.15) is 5.54 Å². The Morgan fingerprint density at radius 3 is 3.06 bits per heavy atom. The molecule has 1 aromatic heterocycles. The summed E-state index contributed by atoms with van der Waals surface area (Å²) in [4.78, 5) is 0. The molecule has 0 aliphatic heterocycles. The van der Waals surface area contributed by atoms with Crippen molar-refractivity contribution in [2.45, 2.75) is 60.6 Å². The van der Waals surface area contributed by atoms with Crippen molar-refractivity contribution in [3.05, 3.63) is 17.5 Å². The number of rotatable bonds is 4. The molecule has 2 nitrogen and oxygen atoms in total. The minimum Gasteiger partial charge on any atom is -0.297 e. The Morgan fingerprint density at radius 1 is 1.61 bits per heavy atom. The fourth-order valence-electron chi connectivity index (χ4n) is 2.64. The van der Waals surface area contributed by atoms with Gasteiger partial charge in [0.25, 0.3) is 0 Å². The van der Waals surface area contributed by atoms with Crippen LogP contribution in [0.2, 0.25) is 0 Å². The zero-order chi connectivity index (χ0) is 13.0. The number of hydrogen-bond acceptors (Lipinski definition) is 4. The molecule has 1 heterocycles. The Balaban J connectivity index is 2.00. The standard InChI is InChI=1S/C14H20N2S2/c1-11(2)16-14(10-15)7-3-5-12(9-14)18-13-6-4-8-17-13/h4,6,8,11-12,16H,3,5,7,9H2,1-2H3. The molecule has 0 aromatic carbocycles.